The maximum absolute atomic E-state index is 12.3. The predicted octanol–water partition coefficient (Wildman–Crippen LogP) is 0.838. The molecule has 3 rings (SSSR count). The highest BCUT2D eigenvalue weighted by Gasteiger charge is 2.31. The Hall–Kier alpha value is -1.34. The van der Waals surface area contributed by atoms with Crippen molar-refractivity contribution >= 4 is 40.7 Å². The van der Waals surface area contributed by atoms with E-state index in [1.807, 2.05) is 4.90 Å². The molecule has 0 aromatic heterocycles. The average molecular weight is 387 g/mol. The zero-order valence-corrected chi connectivity index (χ0v) is 15.4. The molecule has 2 heterocycles. The molecule has 0 bridgehead atoms. The number of nitrogens with one attached hydrogen (secondary N) is 2. The summed E-state index contributed by atoms with van der Waals surface area (Å²) in [4.78, 5) is 27.5. The van der Waals surface area contributed by atoms with Crippen molar-refractivity contribution in [3.63, 3.8) is 0 Å². The normalized spacial score (nSPS) is 21.4. The number of hydrogen-bond donors (Lipinski definition) is 2. The molecule has 8 heteroatoms. The summed E-state index contributed by atoms with van der Waals surface area (Å²) in [6.07, 6.45) is 1.50. The Bertz CT molecular complexity index is 622. The zero-order chi connectivity index (χ0) is 17.8. The van der Waals surface area contributed by atoms with Crippen LogP contribution in [0.25, 0.3) is 0 Å². The maximum atomic E-state index is 12.3. The number of quaternary nitrogens is 1. The minimum atomic E-state index is -0.266. The van der Waals surface area contributed by atoms with E-state index in [2.05, 4.69) is 5.32 Å². The fraction of sp³-hybridized carbons (Fsp3) is 0.529. The third kappa shape index (κ3) is 5.07. The smallest absolute Gasteiger partial charge is 0.279 e. The first-order valence-corrected chi connectivity index (χ1v) is 9.27. The molecule has 0 unspecified atom stereocenters. The van der Waals surface area contributed by atoms with Crippen molar-refractivity contribution in [2.75, 3.05) is 44.6 Å². The van der Waals surface area contributed by atoms with E-state index in [-0.39, 0.29) is 17.9 Å². The summed E-state index contributed by atoms with van der Waals surface area (Å²) in [7, 11) is 0. The van der Waals surface area contributed by atoms with Gasteiger partial charge in [0.2, 0.25) is 0 Å². The van der Waals surface area contributed by atoms with Gasteiger partial charge in [0.15, 0.2) is 6.54 Å². The van der Waals surface area contributed by atoms with Crippen molar-refractivity contribution in [3.8, 4) is 0 Å². The topological polar surface area (TPSA) is 63.1 Å². The van der Waals surface area contributed by atoms with E-state index in [1.165, 1.54) is 0 Å². The minimum Gasteiger partial charge on any atom is -0.368 e. The molecule has 136 valence electrons. The summed E-state index contributed by atoms with van der Waals surface area (Å²) in [6, 6.07) is 4.95. The summed E-state index contributed by atoms with van der Waals surface area (Å²) in [5.74, 6) is 0.00167. The Balaban J connectivity index is 1.45. The van der Waals surface area contributed by atoms with Gasteiger partial charge in [0.05, 0.1) is 26.2 Å². The third-order valence-electron chi connectivity index (χ3n) is 4.54. The van der Waals surface area contributed by atoms with Gasteiger partial charge in [-0.15, -0.1) is 0 Å². The van der Waals surface area contributed by atoms with Crippen LogP contribution in [0.3, 0.4) is 0 Å². The number of nitrogens with zero attached hydrogens (tertiary/aromatic N) is 1. The Kier molecular flexibility index (Phi) is 6.17. The van der Waals surface area contributed by atoms with Crippen molar-refractivity contribution in [1.29, 1.82) is 0 Å². The van der Waals surface area contributed by atoms with Gasteiger partial charge in [0, 0.05) is 22.3 Å². The highest BCUT2D eigenvalue weighted by molar-refractivity contribution is 6.35. The molecule has 2 N–H and O–H groups in total. The van der Waals surface area contributed by atoms with Gasteiger partial charge in [-0.25, -0.2) is 0 Å². The quantitative estimate of drug-likeness (QED) is 0.805. The molecule has 1 atom stereocenters. The van der Waals surface area contributed by atoms with E-state index in [1.54, 1.807) is 18.2 Å². The first-order chi connectivity index (χ1) is 12.0. The highest BCUT2D eigenvalue weighted by atomic mass is 35.5. The van der Waals surface area contributed by atoms with Crippen LogP contribution in [-0.4, -0.2) is 62.1 Å². The van der Waals surface area contributed by atoms with E-state index in [0.29, 0.717) is 42.0 Å². The number of piperazine rings is 1. The number of ether oxygens (including phenoxy) is 1. The van der Waals surface area contributed by atoms with E-state index in [4.69, 9.17) is 27.9 Å². The lowest BCUT2D eigenvalue weighted by Crippen LogP contribution is -3.15. The van der Waals surface area contributed by atoms with Crippen LogP contribution in [0.2, 0.25) is 10.0 Å². The largest absolute Gasteiger partial charge is 0.368 e. The molecule has 1 aromatic rings. The second-order valence-electron chi connectivity index (χ2n) is 6.46. The molecule has 0 spiro atoms. The second-order valence-corrected chi connectivity index (χ2v) is 7.33. The molecule has 2 aliphatic rings. The van der Waals surface area contributed by atoms with Gasteiger partial charge in [0.25, 0.3) is 11.8 Å². The van der Waals surface area contributed by atoms with Crippen LogP contribution in [0.5, 0.6) is 0 Å². The second kappa shape index (κ2) is 8.36. The van der Waals surface area contributed by atoms with Crippen molar-refractivity contribution < 1.29 is 19.2 Å². The lowest BCUT2D eigenvalue weighted by atomic mass is 10.2. The van der Waals surface area contributed by atoms with Crippen LogP contribution in [0, 0.1) is 0 Å². The minimum absolute atomic E-state index is 0.0905. The lowest BCUT2D eigenvalue weighted by Gasteiger charge is -2.33. The Morgan fingerprint density at radius 3 is 2.48 bits per heavy atom. The summed E-state index contributed by atoms with van der Waals surface area (Å²) in [5.41, 5.74) is 0.592. The third-order valence-corrected chi connectivity index (χ3v) is 4.98. The summed E-state index contributed by atoms with van der Waals surface area (Å²) in [5, 5.41) is 3.79. The standard InChI is InChI=1S/C17H21Cl2N3O3/c18-12-8-13(19)10-14(9-12)20-16(23)11-21-3-5-22(6-4-21)17(24)15-2-1-7-25-15/h8-10,15H,1-7,11H2,(H,20,23)/p+1/t15-/m0/s1. The van der Waals surface area contributed by atoms with Crippen molar-refractivity contribution in [2.45, 2.75) is 18.9 Å². The Morgan fingerprint density at radius 2 is 1.88 bits per heavy atom. The van der Waals surface area contributed by atoms with E-state index < -0.39 is 0 Å². The Morgan fingerprint density at radius 1 is 1.20 bits per heavy atom. The van der Waals surface area contributed by atoms with Gasteiger partial charge in [-0.3, -0.25) is 9.59 Å². The van der Waals surface area contributed by atoms with Crippen LogP contribution < -0.4 is 10.2 Å². The molecule has 0 saturated carbocycles. The zero-order valence-electron chi connectivity index (χ0n) is 13.9. The molecule has 2 fully saturated rings. The van der Waals surface area contributed by atoms with Gasteiger partial charge in [-0.05, 0) is 31.0 Å². The fourth-order valence-corrected chi connectivity index (χ4v) is 3.78. The van der Waals surface area contributed by atoms with Gasteiger partial charge in [0.1, 0.15) is 6.10 Å². The molecule has 1 aromatic carbocycles. The molecule has 6 nitrogen and oxygen atoms in total. The molecular formula is C17H22Cl2N3O3+. The number of benzene rings is 1. The maximum Gasteiger partial charge on any atom is 0.279 e. The van der Waals surface area contributed by atoms with Gasteiger partial charge in [-0.1, -0.05) is 23.2 Å². The predicted molar refractivity (Wildman–Crippen MR) is 96.2 cm³/mol. The van der Waals surface area contributed by atoms with E-state index >= 15 is 0 Å². The number of anilines is 1. The summed E-state index contributed by atoms with van der Waals surface area (Å²) >= 11 is 11.9. The number of carbonyl (C=O) groups excluding carboxylic acids is 2. The first-order valence-electron chi connectivity index (χ1n) is 8.51. The van der Waals surface area contributed by atoms with Crippen LogP contribution in [0.1, 0.15) is 12.8 Å². The number of halogens is 2. The molecule has 2 saturated heterocycles. The lowest BCUT2D eigenvalue weighted by molar-refractivity contribution is -0.895. The summed E-state index contributed by atoms with van der Waals surface area (Å²) in [6.45, 7) is 3.85. The first kappa shape index (κ1) is 18.5. The molecule has 2 amide bonds. The van der Waals surface area contributed by atoms with Crippen molar-refractivity contribution in [2.24, 2.45) is 0 Å². The highest BCUT2D eigenvalue weighted by Crippen LogP contribution is 2.22. The number of rotatable bonds is 4. The van der Waals surface area contributed by atoms with Crippen LogP contribution >= 0.6 is 23.2 Å². The number of hydrogen-bond acceptors (Lipinski definition) is 3. The number of amides is 2. The van der Waals surface area contributed by atoms with Crippen LogP contribution in [-0.2, 0) is 14.3 Å². The monoisotopic (exact) mass is 386 g/mol. The van der Waals surface area contributed by atoms with Crippen LogP contribution in [0.4, 0.5) is 5.69 Å². The molecule has 0 aliphatic carbocycles. The van der Waals surface area contributed by atoms with Crippen molar-refractivity contribution in [3.05, 3.63) is 28.2 Å². The van der Waals surface area contributed by atoms with Gasteiger partial charge in [-0.2, -0.15) is 0 Å². The molecule has 25 heavy (non-hydrogen) atoms. The fourth-order valence-electron chi connectivity index (χ4n) is 3.25. The summed E-state index contributed by atoms with van der Waals surface area (Å²) < 4.78 is 5.46. The van der Waals surface area contributed by atoms with Crippen molar-refractivity contribution in [1.82, 2.24) is 4.90 Å². The Labute approximate surface area is 157 Å². The molecule has 0 radical (unpaired) electrons. The SMILES string of the molecule is O=C(C[NH+]1CCN(C(=O)[C@@H]2CCCO2)CC1)Nc1cc(Cl)cc(Cl)c1. The van der Waals surface area contributed by atoms with Gasteiger partial charge < -0.3 is 19.9 Å². The molecule has 2 aliphatic heterocycles. The van der Waals surface area contributed by atoms with E-state index in [0.717, 1.165) is 30.8 Å². The van der Waals surface area contributed by atoms with Gasteiger partial charge >= 0.3 is 0 Å². The molecular weight excluding hydrogens is 365 g/mol. The average Bonchev–Trinajstić information content (AvgIpc) is 3.08. The van der Waals surface area contributed by atoms with Crippen LogP contribution in [0.15, 0.2) is 18.2 Å². The van der Waals surface area contributed by atoms with E-state index in [9.17, 15) is 9.59 Å². The number of carbonyl (C=O) groups is 2.